The highest BCUT2D eigenvalue weighted by Gasteiger charge is 2.08. The third-order valence-corrected chi connectivity index (χ3v) is 3.69. The Bertz CT molecular complexity index is 513. The molecular weight excluding hydrogens is 258 g/mol. The summed E-state index contributed by atoms with van der Waals surface area (Å²) in [6, 6.07) is 7.77. The number of aromatic nitrogens is 2. The van der Waals surface area contributed by atoms with Crippen LogP contribution in [0.25, 0.3) is 0 Å². The SMILES string of the molecule is COc1ccc(C(N)CSc2ncc(C)cn2)cc1. The Labute approximate surface area is 117 Å². The van der Waals surface area contributed by atoms with Gasteiger partial charge in [-0.2, -0.15) is 0 Å². The third kappa shape index (κ3) is 3.94. The fourth-order valence-corrected chi connectivity index (χ4v) is 2.34. The predicted molar refractivity (Wildman–Crippen MR) is 77.4 cm³/mol. The molecule has 1 atom stereocenters. The molecule has 0 amide bonds. The lowest BCUT2D eigenvalue weighted by Crippen LogP contribution is -2.13. The Morgan fingerprint density at radius 3 is 2.42 bits per heavy atom. The largest absolute Gasteiger partial charge is 0.497 e. The molecule has 2 rings (SSSR count). The molecule has 1 aromatic heterocycles. The van der Waals surface area contributed by atoms with E-state index in [1.807, 2.05) is 43.6 Å². The maximum Gasteiger partial charge on any atom is 0.187 e. The smallest absolute Gasteiger partial charge is 0.187 e. The van der Waals surface area contributed by atoms with E-state index in [2.05, 4.69) is 9.97 Å². The van der Waals surface area contributed by atoms with Gasteiger partial charge in [-0.3, -0.25) is 0 Å². The second-order valence-corrected chi connectivity index (χ2v) is 5.22. The van der Waals surface area contributed by atoms with E-state index in [4.69, 9.17) is 10.5 Å². The van der Waals surface area contributed by atoms with E-state index >= 15 is 0 Å². The lowest BCUT2D eigenvalue weighted by molar-refractivity contribution is 0.414. The molecule has 1 unspecified atom stereocenters. The number of nitrogens with two attached hydrogens (primary N) is 1. The lowest BCUT2D eigenvalue weighted by Gasteiger charge is -2.11. The summed E-state index contributed by atoms with van der Waals surface area (Å²) < 4.78 is 5.12. The van der Waals surface area contributed by atoms with Gasteiger partial charge in [0.1, 0.15) is 5.75 Å². The van der Waals surface area contributed by atoms with Gasteiger partial charge in [-0.15, -0.1) is 0 Å². The number of thioether (sulfide) groups is 1. The first-order chi connectivity index (χ1) is 9.19. The zero-order valence-electron chi connectivity index (χ0n) is 11.0. The van der Waals surface area contributed by atoms with Crippen LogP contribution in [0.5, 0.6) is 5.75 Å². The summed E-state index contributed by atoms with van der Waals surface area (Å²) in [7, 11) is 1.65. The van der Waals surface area contributed by atoms with Crippen molar-refractivity contribution in [2.75, 3.05) is 12.9 Å². The van der Waals surface area contributed by atoms with Crippen LogP contribution in [0.15, 0.2) is 41.8 Å². The molecule has 19 heavy (non-hydrogen) atoms. The van der Waals surface area contributed by atoms with Crippen molar-refractivity contribution in [2.45, 2.75) is 18.1 Å². The summed E-state index contributed by atoms with van der Waals surface area (Å²) in [6.45, 7) is 1.97. The van der Waals surface area contributed by atoms with Crippen LogP contribution in [-0.2, 0) is 0 Å². The highest BCUT2D eigenvalue weighted by atomic mass is 32.2. The molecule has 0 radical (unpaired) electrons. The normalized spacial score (nSPS) is 12.2. The molecule has 0 fully saturated rings. The molecule has 0 saturated carbocycles. The molecule has 4 nitrogen and oxygen atoms in total. The number of hydrogen-bond acceptors (Lipinski definition) is 5. The summed E-state index contributed by atoms with van der Waals surface area (Å²) in [4.78, 5) is 8.50. The maximum absolute atomic E-state index is 6.15. The van der Waals surface area contributed by atoms with E-state index in [9.17, 15) is 0 Å². The van der Waals surface area contributed by atoms with Crippen LogP contribution in [0, 0.1) is 6.92 Å². The molecule has 0 aliphatic carbocycles. The first-order valence-electron chi connectivity index (χ1n) is 6.00. The van der Waals surface area contributed by atoms with E-state index in [0.29, 0.717) is 0 Å². The molecule has 0 aliphatic rings. The Hall–Kier alpha value is -1.59. The number of aryl methyl sites for hydroxylation is 1. The van der Waals surface area contributed by atoms with E-state index in [1.54, 1.807) is 18.9 Å². The number of hydrogen-bond donors (Lipinski definition) is 1. The molecule has 0 bridgehead atoms. The minimum atomic E-state index is -0.0409. The van der Waals surface area contributed by atoms with E-state index in [0.717, 1.165) is 27.8 Å². The average Bonchev–Trinajstić information content (AvgIpc) is 2.46. The summed E-state index contributed by atoms with van der Waals surface area (Å²) >= 11 is 1.56. The van der Waals surface area contributed by atoms with Crippen molar-refractivity contribution in [1.29, 1.82) is 0 Å². The Morgan fingerprint density at radius 1 is 1.21 bits per heavy atom. The van der Waals surface area contributed by atoms with Crippen LogP contribution < -0.4 is 10.5 Å². The predicted octanol–water partition coefficient (Wildman–Crippen LogP) is 2.59. The van der Waals surface area contributed by atoms with Crippen LogP contribution in [0.3, 0.4) is 0 Å². The standard InChI is InChI=1S/C14H17N3OS/c1-10-7-16-14(17-8-10)19-9-13(15)11-3-5-12(18-2)6-4-11/h3-8,13H,9,15H2,1-2H3. The van der Waals surface area contributed by atoms with Crippen LogP contribution in [0.2, 0.25) is 0 Å². The van der Waals surface area contributed by atoms with Gasteiger partial charge in [-0.05, 0) is 30.2 Å². The molecule has 0 saturated heterocycles. The molecule has 1 heterocycles. The van der Waals surface area contributed by atoms with Gasteiger partial charge < -0.3 is 10.5 Å². The summed E-state index contributed by atoms with van der Waals surface area (Å²) in [6.07, 6.45) is 3.63. The first kappa shape index (κ1) is 13.8. The van der Waals surface area contributed by atoms with Crippen molar-refractivity contribution in [3.63, 3.8) is 0 Å². The maximum atomic E-state index is 6.15. The van der Waals surface area contributed by atoms with Gasteiger partial charge in [0.25, 0.3) is 0 Å². The van der Waals surface area contributed by atoms with E-state index < -0.39 is 0 Å². The average molecular weight is 275 g/mol. The van der Waals surface area contributed by atoms with Gasteiger partial charge in [0.2, 0.25) is 0 Å². The fourth-order valence-electron chi connectivity index (χ4n) is 1.57. The molecule has 1 aromatic carbocycles. The van der Waals surface area contributed by atoms with Crippen molar-refractivity contribution in [1.82, 2.24) is 9.97 Å². The zero-order valence-corrected chi connectivity index (χ0v) is 11.9. The first-order valence-corrected chi connectivity index (χ1v) is 6.98. The second-order valence-electron chi connectivity index (χ2n) is 4.23. The molecule has 2 N–H and O–H groups in total. The quantitative estimate of drug-likeness (QED) is 0.671. The van der Waals surface area contributed by atoms with Crippen LogP contribution in [0.4, 0.5) is 0 Å². The van der Waals surface area contributed by atoms with Crippen molar-refractivity contribution in [3.05, 3.63) is 47.8 Å². The van der Waals surface area contributed by atoms with Gasteiger partial charge in [-0.25, -0.2) is 9.97 Å². The lowest BCUT2D eigenvalue weighted by atomic mass is 10.1. The fraction of sp³-hybridized carbons (Fsp3) is 0.286. The van der Waals surface area contributed by atoms with E-state index in [1.165, 1.54) is 0 Å². The van der Waals surface area contributed by atoms with Crippen LogP contribution in [-0.4, -0.2) is 22.8 Å². The van der Waals surface area contributed by atoms with Gasteiger partial charge in [0.15, 0.2) is 5.16 Å². The Morgan fingerprint density at radius 2 is 1.84 bits per heavy atom. The zero-order chi connectivity index (χ0) is 13.7. The number of methoxy groups -OCH3 is 1. The highest BCUT2D eigenvalue weighted by Crippen LogP contribution is 2.22. The molecular formula is C14H17N3OS. The van der Waals surface area contributed by atoms with Gasteiger partial charge in [-0.1, -0.05) is 23.9 Å². The third-order valence-electron chi connectivity index (χ3n) is 2.69. The van der Waals surface area contributed by atoms with Crippen molar-refractivity contribution in [2.24, 2.45) is 5.73 Å². The molecule has 2 aromatic rings. The minimum Gasteiger partial charge on any atom is -0.497 e. The van der Waals surface area contributed by atoms with Gasteiger partial charge >= 0.3 is 0 Å². The number of ether oxygens (including phenoxy) is 1. The molecule has 100 valence electrons. The second kappa shape index (κ2) is 6.54. The van der Waals surface area contributed by atoms with Crippen molar-refractivity contribution in [3.8, 4) is 5.75 Å². The molecule has 5 heteroatoms. The Kier molecular flexibility index (Phi) is 4.76. The van der Waals surface area contributed by atoms with Gasteiger partial charge in [0.05, 0.1) is 7.11 Å². The van der Waals surface area contributed by atoms with Crippen LogP contribution >= 0.6 is 11.8 Å². The monoisotopic (exact) mass is 275 g/mol. The summed E-state index contributed by atoms with van der Waals surface area (Å²) in [5.41, 5.74) is 8.29. The van der Waals surface area contributed by atoms with Crippen LogP contribution in [0.1, 0.15) is 17.2 Å². The van der Waals surface area contributed by atoms with E-state index in [-0.39, 0.29) is 6.04 Å². The molecule has 0 spiro atoms. The van der Waals surface area contributed by atoms with Crippen molar-refractivity contribution >= 4 is 11.8 Å². The number of nitrogens with zero attached hydrogens (tertiary/aromatic N) is 2. The summed E-state index contributed by atoms with van der Waals surface area (Å²) in [5.74, 6) is 1.58. The number of rotatable bonds is 5. The molecule has 0 aliphatic heterocycles. The highest BCUT2D eigenvalue weighted by molar-refractivity contribution is 7.99. The Balaban J connectivity index is 1.93. The van der Waals surface area contributed by atoms with Crippen molar-refractivity contribution < 1.29 is 4.74 Å². The number of benzene rings is 1. The minimum absolute atomic E-state index is 0.0409. The van der Waals surface area contributed by atoms with Gasteiger partial charge in [0, 0.05) is 24.2 Å². The summed E-state index contributed by atoms with van der Waals surface area (Å²) in [5, 5.41) is 0.759. The topological polar surface area (TPSA) is 61.0 Å².